The Labute approximate surface area is 115 Å². The van der Waals surface area contributed by atoms with Gasteiger partial charge in [-0.15, -0.1) is 12.4 Å². The second-order valence-electron chi connectivity index (χ2n) is 4.88. The lowest BCUT2D eigenvalue weighted by atomic mass is 10.1. The topological polar surface area (TPSA) is 46.3 Å². The highest BCUT2D eigenvalue weighted by Crippen LogP contribution is 2.32. The summed E-state index contributed by atoms with van der Waals surface area (Å²) in [7, 11) is 1.84. The van der Waals surface area contributed by atoms with Crippen molar-refractivity contribution in [1.82, 2.24) is 4.90 Å². The molecule has 1 amide bonds. The van der Waals surface area contributed by atoms with E-state index in [2.05, 4.69) is 0 Å². The summed E-state index contributed by atoms with van der Waals surface area (Å²) in [5.74, 6) is 0.857. The standard InChI is InChI=1S/C14H20N2O.ClH/c1-16(10-9-11-7-8-11)14(17)13(15)12-5-3-2-4-6-12;/h2-6,11,13H,7-10,15H2,1H3;1H. The molecule has 0 spiro atoms. The van der Waals surface area contributed by atoms with Crippen LogP contribution in [0.2, 0.25) is 0 Å². The Morgan fingerprint density at radius 1 is 1.39 bits per heavy atom. The highest BCUT2D eigenvalue weighted by atomic mass is 35.5. The molecule has 2 rings (SSSR count). The lowest BCUT2D eigenvalue weighted by molar-refractivity contribution is -0.131. The van der Waals surface area contributed by atoms with E-state index in [0.29, 0.717) is 0 Å². The number of nitrogens with zero attached hydrogens (tertiary/aromatic N) is 1. The largest absolute Gasteiger partial charge is 0.344 e. The number of likely N-dealkylation sites (N-methyl/N-ethyl adjacent to an activating group) is 1. The summed E-state index contributed by atoms with van der Waals surface area (Å²) in [6.45, 7) is 0.823. The van der Waals surface area contributed by atoms with Gasteiger partial charge in [-0.05, 0) is 17.9 Å². The fourth-order valence-electron chi connectivity index (χ4n) is 1.93. The Bertz CT molecular complexity index is 379. The first kappa shape index (κ1) is 15.0. The molecule has 0 heterocycles. The number of benzene rings is 1. The Balaban J connectivity index is 0.00000162. The highest BCUT2D eigenvalue weighted by Gasteiger charge is 2.24. The van der Waals surface area contributed by atoms with E-state index < -0.39 is 6.04 Å². The third-order valence-corrected chi connectivity index (χ3v) is 3.37. The van der Waals surface area contributed by atoms with Crippen molar-refractivity contribution in [2.45, 2.75) is 25.3 Å². The molecule has 18 heavy (non-hydrogen) atoms. The zero-order valence-electron chi connectivity index (χ0n) is 10.7. The second-order valence-corrected chi connectivity index (χ2v) is 4.88. The van der Waals surface area contributed by atoms with Crippen LogP contribution in [-0.4, -0.2) is 24.4 Å². The van der Waals surface area contributed by atoms with E-state index in [1.54, 1.807) is 4.90 Å². The van der Waals surface area contributed by atoms with Gasteiger partial charge in [-0.2, -0.15) is 0 Å². The molecule has 1 aromatic rings. The minimum atomic E-state index is -0.527. The Morgan fingerprint density at radius 2 is 2.00 bits per heavy atom. The molecular weight excluding hydrogens is 248 g/mol. The summed E-state index contributed by atoms with van der Waals surface area (Å²) < 4.78 is 0. The normalized spacial score (nSPS) is 15.7. The van der Waals surface area contributed by atoms with Gasteiger partial charge in [0, 0.05) is 13.6 Å². The van der Waals surface area contributed by atoms with Crippen LogP contribution < -0.4 is 5.73 Å². The van der Waals surface area contributed by atoms with Gasteiger partial charge in [0.05, 0.1) is 0 Å². The van der Waals surface area contributed by atoms with Crippen LogP contribution in [-0.2, 0) is 4.79 Å². The minimum Gasteiger partial charge on any atom is -0.344 e. The van der Waals surface area contributed by atoms with Gasteiger partial charge in [-0.25, -0.2) is 0 Å². The summed E-state index contributed by atoms with van der Waals surface area (Å²) in [6.07, 6.45) is 3.77. The van der Waals surface area contributed by atoms with E-state index >= 15 is 0 Å². The van der Waals surface area contributed by atoms with Crippen LogP contribution in [0.5, 0.6) is 0 Å². The monoisotopic (exact) mass is 268 g/mol. The molecule has 0 aliphatic heterocycles. The average molecular weight is 269 g/mol. The van der Waals surface area contributed by atoms with Crippen LogP contribution in [0.1, 0.15) is 30.9 Å². The molecule has 3 nitrogen and oxygen atoms in total. The number of hydrogen-bond acceptors (Lipinski definition) is 2. The van der Waals surface area contributed by atoms with E-state index in [9.17, 15) is 4.79 Å². The fraction of sp³-hybridized carbons (Fsp3) is 0.500. The molecule has 1 atom stereocenters. The number of hydrogen-bond donors (Lipinski definition) is 1. The summed E-state index contributed by atoms with van der Waals surface area (Å²) in [6, 6.07) is 9.02. The van der Waals surface area contributed by atoms with Gasteiger partial charge in [0.2, 0.25) is 5.91 Å². The van der Waals surface area contributed by atoms with Crippen molar-refractivity contribution in [2.75, 3.05) is 13.6 Å². The van der Waals surface area contributed by atoms with E-state index in [-0.39, 0.29) is 18.3 Å². The first-order valence-electron chi connectivity index (χ1n) is 6.24. The van der Waals surface area contributed by atoms with E-state index in [4.69, 9.17) is 5.73 Å². The molecule has 0 bridgehead atoms. The quantitative estimate of drug-likeness (QED) is 0.891. The predicted octanol–water partition coefficient (Wildman–Crippen LogP) is 2.37. The predicted molar refractivity (Wildman–Crippen MR) is 75.6 cm³/mol. The van der Waals surface area contributed by atoms with Crippen molar-refractivity contribution in [1.29, 1.82) is 0 Å². The minimum absolute atomic E-state index is 0. The van der Waals surface area contributed by atoms with E-state index in [1.807, 2.05) is 37.4 Å². The Morgan fingerprint density at radius 3 is 2.56 bits per heavy atom. The summed E-state index contributed by atoms with van der Waals surface area (Å²) in [5.41, 5.74) is 6.86. The molecule has 0 radical (unpaired) electrons. The van der Waals surface area contributed by atoms with Crippen LogP contribution in [0.25, 0.3) is 0 Å². The lowest BCUT2D eigenvalue weighted by Gasteiger charge is -2.21. The van der Waals surface area contributed by atoms with Crippen LogP contribution in [0.15, 0.2) is 30.3 Å². The summed E-state index contributed by atoms with van der Waals surface area (Å²) in [4.78, 5) is 13.8. The van der Waals surface area contributed by atoms with Gasteiger partial charge in [0.15, 0.2) is 0 Å². The van der Waals surface area contributed by atoms with Crippen molar-refractivity contribution in [2.24, 2.45) is 11.7 Å². The third-order valence-electron chi connectivity index (χ3n) is 3.37. The van der Waals surface area contributed by atoms with Crippen molar-refractivity contribution in [3.05, 3.63) is 35.9 Å². The molecule has 4 heteroatoms. The molecular formula is C14H21ClN2O. The zero-order chi connectivity index (χ0) is 12.3. The average Bonchev–Trinajstić information content (AvgIpc) is 3.19. The number of nitrogens with two attached hydrogens (primary N) is 1. The number of amides is 1. The number of carbonyl (C=O) groups is 1. The van der Waals surface area contributed by atoms with Crippen LogP contribution in [0, 0.1) is 5.92 Å². The molecule has 100 valence electrons. The summed E-state index contributed by atoms with van der Waals surface area (Å²) >= 11 is 0. The van der Waals surface area contributed by atoms with Crippen LogP contribution >= 0.6 is 12.4 Å². The van der Waals surface area contributed by atoms with Gasteiger partial charge in [0.1, 0.15) is 6.04 Å². The van der Waals surface area contributed by atoms with Gasteiger partial charge < -0.3 is 10.6 Å². The molecule has 1 aromatic carbocycles. The highest BCUT2D eigenvalue weighted by molar-refractivity contribution is 5.85. The van der Waals surface area contributed by atoms with Gasteiger partial charge in [0.25, 0.3) is 0 Å². The smallest absolute Gasteiger partial charge is 0.243 e. The van der Waals surface area contributed by atoms with Crippen molar-refractivity contribution in [3.63, 3.8) is 0 Å². The maximum atomic E-state index is 12.1. The molecule has 1 aliphatic rings. The number of carbonyl (C=O) groups excluding carboxylic acids is 1. The second kappa shape index (κ2) is 6.76. The Kier molecular flexibility index (Phi) is 5.63. The maximum Gasteiger partial charge on any atom is 0.243 e. The van der Waals surface area contributed by atoms with Gasteiger partial charge >= 0.3 is 0 Å². The van der Waals surface area contributed by atoms with Crippen molar-refractivity contribution >= 4 is 18.3 Å². The number of rotatable bonds is 5. The maximum absolute atomic E-state index is 12.1. The first-order chi connectivity index (χ1) is 8.18. The molecule has 0 aromatic heterocycles. The molecule has 1 aliphatic carbocycles. The molecule has 1 unspecified atom stereocenters. The summed E-state index contributed by atoms with van der Waals surface area (Å²) in [5, 5.41) is 0. The van der Waals surface area contributed by atoms with E-state index in [0.717, 1.165) is 24.4 Å². The molecule has 1 saturated carbocycles. The Hall–Kier alpha value is -1.06. The van der Waals surface area contributed by atoms with Crippen molar-refractivity contribution < 1.29 is 4.79 Å². The van der Waals surface area contributed by atoms with Gasteiger partial charge in [-0.1, -0.05) is 43.2 Å². The van der Waals surface area contributed by atoms with Gasteiger partial charge in [-0.3, -0.25) is 4.79 Å². The van der Waals surface area contributed by atoms with Crippen LogP contribution in [0.3, 0.4) is 0 Å². The number of halogens is 1. The SMILES string of the molecule is CN(CCC1CC1)C(=O)C(N)c1ccccc1.Cl. The van der Waals surface area contributed by atoms with E-state index in [1.165, 1.54) is 12.8 Å². The molecule has 1 fully saturated rings. The van der Waals surface area contributed by atoms with Crippen LogP contribution in [0.4, 0.5) is 0 Å². The third kappa shape index (κ3) is 4.00. The molecule has 0 saturated heterocycles. The lowest BCUT2D eigenvalue weighted by Crippen LogP contribution is -2.36. The zero-order valence-corrected chi connectivity index (χ0v) is 11.5. The first-order valence-corrected chi connectivity index (χ1v) is 6.24. The van der Waals surface area contributed by atoms with Crippen molar-refractivity contribution in [3.8, 4) is 0 Å². The fourth-order valence-corrected chi connectivity index (χ4v) is 1.93. The molecule has 2 N–H and O–H groups in total.